The summed E-state index contributed by atoms with van der Waals surface area (Å²) in [7, 11) is 0. The maximum Gasteiger partial charge on any atom is 0.410 e. The van der Waals surface area contributed by atoms with Gasteiger partial charge in [0, 0.05) is 35.9 Å². The Bertz CT molecular complexity index is 1620. The number of fused-ring (bicyclic) bond motifs is 1. The van der Waals surface area contributed by atoms with Crippen molar-refractivity contribution in [2.75, 3.05) is 10.6 Å². The predicted octanol–water partition coefficient (Wildman–Crippen LogP) is 6.99. The Morgan fingerprint density at radius 2 is 1.83 bits per heavy atom. The van der Waals surface area contributed by atoms with Gasteiger partial charge in [-0.3, -0.25) is 15.0 Å². The van der Waals surface area contributed by atoms with E-state index >= 15 is 0 Å². The second-order valence-electron chi connectivity index (χ2n) is 9.84. The maximum atomic E-state index is 13.4. The van der Waals surface area contributed by atoms with Gasteiger partial charge in [-0.15, -0.1) is 5.53 Å². The fourth-order valence-electron chi connectivity index (χ4n) is 4.77. The topological polar surface area (TPSA) is 101 Å². The molecule has 216 valence electrons. The third kappa shape index (κ3) is 6.05. The van der Waals surface area contributed by atoms with Crippen LogP contribution in [0.3, 0.4) is 0 Å². The highest BCUT2D eigenvalue weighted by atomic mass is 35.5. The number of alkyl halides is 3. The fraction of sp³-hybridized carbons (Fsp3) is 0.233. The number of halogens is 4. The van der Waals surface area contributed by atoms with Crippen LogP contribution < -0.4 is 21.6 Å². The van der Waals surface area contributed by atoms with Crippen LogP contribution in [-0.2, 0) is 0 Å². The van der Waals surface area contributed by atoms with Crippen molar-refractivity contribution < 1.29 is 13.2 Å². The molecule has 0 fully saturated rings. The van der Waals surface area contributed by atoms with E-state index in [2.05, 4.69) is 44.6 Å². The molecule has 1 aliphatic rings. The minimum atomic E-state index is -4.44. The van der Waals surface area contributed by atoms with Crippen molar-refractivity contribution >= 4 is 33.9 Å². The van der Waals surface area contributed by atoms with E-state index < -0.39 is 18.3 Å². The molecule has 0 saturated carbocycles. The molecule has 2 aromatic carbocycles. The maximum absolute atomic E-state index is 13.4. The van der Waals surface area contributed by atoms with Crippen LogP contribution in [0.5, 0.6) is 0 Å². The van der Waals surface area contributed by atoms with Gasteiger partial charge >= 0.3 is 6.18 Å². The Labute approximate surface area is 246 Å². The second kappa shape index (κ2) is 12.1. The molecule has 4 N–H and O–H groups in total. The number of rotatable bonds is 9. The minimum absolute atomic E-state index is 0.0806. The zero-order chi connectivity index (χ0) is 29.9. The molecule has 0 radical (unpaired) electrons. The van der Waals surface area contributed by atoms with Crippen molar-refractivity contribution in [2.24, 2.45) is 0 Å². The first kappa shape index (κ1) is 29.0. The quantitative estimate of drug-likeness (QED) is 0.165. The van der Waals surface area contributed by atoms with Crippen LogP contribution in [-0.4, -0.2) is 27.2 Å². The van der Waals surface area contributed by atoms with Crippen molar-refractivity contribution in [3.05, 3.63) is 107 Å². The number of nitrogens with one attached hydrogen (secondary N) is 4. The van der Waals surface area contributed by atoms with Crippen LogP contribution in [0.25, 0.3) is 10.9 Å². The van der Waals surface area contributed by atoms with Crippen LogP contribution in [0, 0.1) is 11.3 Å². The molecule has 8 nitrogen and oxygen atoms in total. The molecule has 0 amide bonds. The summed E-state index contributed by atoms with van der Waals surface area (Å²) >= 11 is 6.72. The smallest absolute Gasteiger partial charge is 0.377 e. The molecule has 4 aromatic rings. The van der Waals surface area contributed by atoms with Crippen LogP contribution in [0.15, 0.2) is 85.1 Å². The first-order valence-electron chi connectivity index (χ1n) is 13.3. The van der Waals surface area contributed by atoms with Gasteiger partial charge in [0.15, 0.2) is 0 Å². The number of benzene rings is 2. The molecule has 42 heavy (non-hydrogen) atoms. The van der Waals surface area contributed by atoms with E-state index in [1.807, 2.05) is 42.5 Å². The predicted molar refractivity (Wildman–Crippen MR) is 157 cm³/mol. The van der Waals surface area contributed by atoms with Crippen LogP contribution in [0.4, 0.5) is 24.5 Å². The van der Waals surface area contributed by atoms with Gasteiger partial charge in [-0.05, 0) is 42.7 Å². The Hall–Kier alpha value is -4.53. The lowest BCUT2D eigenvalue weighted by Crippen LogP contribution is -2.48. The average molecular weight is 593 g/mol. The van der Waals surface area contributed by atoms with Crippen molar-refractivity contribution in [3.8, 4) is 6.07 Å². The zero-order valence-electron chi connectivity index (χ0n) is 22.7. The molecular weight excluding hydrogens is 565 g/mol. The molecule has 0 aliphatic carbocycles. The number of hydrogen-bond acceptors (Lipinski definition) is 8. The standard InChI is InChI=1S/C30H28ClF3N8/c1-3-25(19-8-5-4-6-9-19)39-27-21(14-35)16-37-29-23(27)12-22(13-24(29)31)38-28(20-10-7-11-36-15-20)26-17-42(41-40-26)18(2)30(32,33)34/h4-13,15-18,25,28,38,40-41H,3H2,1-2H3,(H,37,39)/t18-,25-,28+/m1/s1. The summed E-state index contributed by atoms with van der Waals surface area (Å²) in [5.74, 6) is 0. The summed E-state index contributed by atoms with van der Waals surface area (Å²) in [4.78, 5) is 8.64. The number of nitrogens with zero attached hydrogens (tertiary/aromatic N) is 4. The number of anilines is 2. The molecule has 3 heterocycles. The van der Waals surface area contributed by atoms with E-state index in [-0.39, 0.29) is 6.04 Å². The molecule has 2 aromatic heterocycles. The van der Waals surface area contributed by atoms with Crippen molar-refractivity contribution in [2.45, 2.75) is 44.6 Å². The van der Waals surface area contributed by atoms with Gasteiger partial charge in [0.1, 0.15) is 12.1 Å². The molecule has 0 bridgehead atoms. The summed E-state index contributed by atoms with van der Waals surface area (Å²) in [5, 5.41) is 18.8. The molecular formula is C30H28ClF3N8. The lowest BCUT2D eigenvalue weighted by Gasteiger charge is -2.25. The van der Waals surface area contributed by atoms with E-state index in [4.69, 9.17) is 11.6 Å². The minimum Gasteiger partial charge on any atom is -0.377 e. The molecule has 3 atom stereocenters. The summed E-state index contributed by atoms with van der Waals surface area (Å²) in [5.41, 5.74) is 9.67. The molecule has 0 unspecified atom stereocenters. The second-order valence-corrected chi connectivity index (χ2v) is 10.2. The van der Waals surface area contributed by atoms with Gasteiger partial charge in [-0.25, -0.2) is 0 Å². The SMILES string of the molecule is CC[C@@H](Nc1c(C#N)cnc2c(Cl)cc(N[C@H](C3=CN([C@H](C)C(F)(F)F)NN3)c3cccnc3)cc12)c1ccccc1. The lowest BCUT2D eigenvalue weighted by molar-refractivity contribution is -0.178. The van der Waals surface area contributed by atoms with Crippen LogP contribution >= 0.6 is 11.6 Å². The highest BCUT2D eigenvalue weighted by molar-refractivity contribution is 6.35. The fourth-order valence-corrected chi connectivity index (χ4v) is 5.04. The van der Waals surface area contributed by atoms with Gasteiger partial charge in [-0.2, -0.15) is 18.4 Å². The van der Waals surface area contributed by atoms with Gasteiger partial charge in [0.2, 0.25) is 0 Å². The van der Waals surface area contributed by atoms with E-state index in [1.54, 1.807) is 24.5 Å². The molecule has 12 heteroatoms. The number of nitriles is 1. The Balaban J connectivity index is 1.56. The lowest BCUT2D eigenvalue weighted by atomic mass is 10.0. The first-order chi connectivity index (χ1) is 20.2. The normalized spacial score (nSPS) is 15.4. The van der Waals surface area contributed by atoms with E-state index in [1.165, 1.54) is 12.4 Å². The molecule has 0 saturated heterocycles. The molecule has 5 rings (SSSR count). The summed E-state index contributed by atoms with van der Waals surface area (Å²) in [6.07, 6.45) is 2.44. The van der Waals surface area contributed by atoms with E-state index in [9.17, 15) is 18.4 Å². The monoisotopic (exact) mass is 592 g/mol. The van der Waals surface area contributed by atoms with Crippen molar-refractivity contribution in [1.82, 2.24) is 25.9 Å². The zero-order valence-corrected chi connectivity index (χ0v) is 23.5. The Morgan fingerprint density at radius 3 is 2.50 bits per heavy atom. The van der Waals surface area contributed by atoms with Crippen molar-refractivity contribution in [3.63, 3.8) is 0 Å². The average Bonchev–Trinajstić information content (AvgIpc) is 3.48. The number of pyridine rings is 2. The highest BCUT2D eigenvalue weighted by Gasteiger charge is 2.41. The van der Waals surface area contributed by atoms with Gasteiger partial charge in [-0.1, -0.05) is 54.9 Å². The summed E-state index contributed by atoms with van der Waals surface area (Å²) < 4.78 is 40.2. The summed E-state index contributed by atoms with van der Waals surface area (Å²) in [6.45, 7) is 3.12. The van der Waals surface area contributed by atoms with Gasteiger partial charge < -0.3 is 16.1 Å². The number of hydrogen-bond donors (Lipinski definition) is 4. The Morgan fingerprint density at radius 1 is 1.07 bits per heavy atom. The van der Waals surface area contributed by atoms with Crippen LogP contribution in [0.2, 0.25) is 5.02 Å². The first-order valence-corrected chi connectivity index (χ1v) is 13.7. The highest BCUT2D eigenvalue weighted by Crippen LogP contribution is 2.37. The van der Waals surface area contributed by atoms with Gasteiger partial charge in [0.25, 0.3) is 0 Å². The third-order valence-corrected chi connectivity index (χ3v) is 7.40. The largest absolute Gasteiger partial charge is 0.410 e. The third-order valence-electron chi connectivity index (χ3n) is 7.11. The molecule has 0 spiro atoms. The van der Waals surface area contributed by atoms with E-state index in [0.717, 1.165) is 23.9 Å². The van der Waals surface area contributed by atoms with Crippen LogP contribution in [0.1, 0.15) is 49.0 Å². The van der Waals surface area contributed by atoms with E-state index in [0.29, 0.717) is 44.1 Å². The number of hydrazine groups is 2. The number of aromatic nitrogens is 2. The van der Waals surface area contributed by atoms with Gasteiger partial charge in [0.05, 0.1) is 39.6 Å². The molecule has 1 aliphatic heterocycles. The summed E-state index contributed by atoms with van der Waals surface area (Å²) in [6, 6.07) is 16.8. The Kier molecular flexibility index (Phi) is 8.38. The van der Waals surface area contributed by atoms with Crippen molar-refractivity contribution in [1.29, 1.82) is 5.26 Å².